The molecular weight excluding hydrogens is 552 g/mol. The van der Waals surface area contributed by atoms with Crippen molar-refractivity contribution in [2.75, 3.05) is 0 Å². The van der Waals surface area contributed by atoms with E-state index in [-0.39, 0.29) is 5.84 Å². The molecule has 0 N–H and O–H groups in total. The van der Waals surface area contributed by atoms with Crippen molar-refractivity contribution >= 4 is 67.3 Å². The Hall–Kier alpha value is -5.98. The molecule has 0 saturated carbocycles. The van der Waals surface area contributed by atoms with Gasteiger partial charge >= 0.3 is 12.0 Å². The fourth-order valence-electron chi connectivity index (χ4n) is 6.35. The number of hydrogen-bond acceptors (Lipinski definition) is 2. The van der Waals surface area contributed by atoms with Gasteiger partial charge in [-0.3, -0.25) is 4.85 Å². The molecule has 0 radical (unpaired) electrons. The van der Waals surface area contributed by atoms with E-state index in [1.165, 1.54) is 43.6 Å². The first kappa shape index (κ1) is 27.8. The van der Waals surface area contributed by atoms with E-state index in [1.54, 1.807) is 0 Å². The van der Waals surface area contributed by atoms with Crippen LogP contribution in [0.3, 0.4) is 0 Å². The average molecular weight is 583 g/mol. The van der Waals surface area contributed by atoms with Crippen molar-refractivity contribution in [3.8, 4) is 0 Å². The number of aromatic nitrogens is 2. The van der Waals surface area contributed by atoms with Gasteiger partial charge in [-0.2, -0.15) is 0 Å². The van der Waals surface area contributed by atoms with E-state index in [9.17, 15) is 0 Å². The van der Waals surface area contributed by atoms with Crippen LogP contribution in [0, 0.1) is 13.1 Å². The van der Waals surface area contributed by atoms with E-state index in [0.717, 1.165) is 24.2 Å². The van der Waals surface area contributed by atoms with Crippen molar-refractivity contribution in [2.45, 2.75) is 33.1 Å². The third kappa shape index (κ3) is 4.93. The number of hydrogen-bond donors (Lipinski definition) is 0. The number of para-hydroxylation sites is 2. The highest BCUT2D eigenvalue weighted by Gasteiger charge is 2.24. The molecule has 1 aliphatic heterocycles. The number of aliphatic imine (C=N–C) groups is 2. The van der Waals surface area contributed by atoms with Crippen LogP contribution in [-0.4, -0.2) is 26.8 Å². The van der Waals surface area contributed by atoms with Gasteiger partial charge in [-0.1, -0.05) is 67.3 Å². The quantitative estimate of drug-likeness (QED) is 0.176. The molecule has 0 aliphatic carbocycles. The van der Waals surface area contributed by atoms with E-state index in [2.05, 4.69) is 128 Å². The molecule has 0 saturated heterocycles. The van der Waals surface area contributed by atoms with E-state index in [1.807, 2.05) is 30.4 Å². The topological polar surface area (TPSA) is 43.3 Å². The zero-order valence-corrected chi connectivity index (χ0v) is 25.1. The van der Waals surface area contributed by atoms with Gasteiger partial charge < -0.3 is 14.0 Å². The summed E-state index contributed by atoms with van der Waals surface area (Å²) in [6.07, 6.45) is 8.67. The van der Waals surface area contributed by atoms with E-state index >= 15 is 0 Å². The van der Waals surface area contributed by atoms with Crippen LogP contribution in [0.1, 0.15) is 25.0 Å². The van der Waals surface area contributed by atoms with Crippen LogP contribution < -0.4 is 0 Å². The molecule has 3 heterocycles. The highest BCUT2D eigenvalue weighted by molar-refractivity contribution is 6.12. The predicted octanol–water partition coefficient (Wildman–Crippen LogP) is 9.57. The summed E-state index contributed by atoms with van der Waals surface area (Å²) in [4.78, 5) is 16.3. The first-order chi connectivity index (χ1) is 22.1. The largest absolute Gasteiger partial charge is 0.371 e. The fraction of sp³-hybridized carbons (Fsp3) is 0.128. The number of aryl methyl sites for hydroxylation is 2. The molecule has 1 aliphatic rings. The molecule has 216 valence electrons. The zero-order chi connectivity index (χ0) is 30.9. The van der Waals surface area contributed by atoms with E-state index in [4.69, 9.17) is 13.1 Å². The first-order valence-electron chi connectivity index (χ1n) is 15.1. The summed E-state index contributed by atoms with van der Waals surface area (Å²) in [6, 6.07) is 29.9. The maximum absolute atomic E-state index is 7.69. The number of nitrogens with zero attached hydrogens (tertiary/aromatic N) is 6. The van der Waals surface area contributed by atoms with Crippen LogP contribution in [-0.2, 0) is 13.1 Å². The molecule has 45 heavy (non-hydrogen) atoms. The lowest BCUT2D eigenvalue weighted by atomic mass is 10.1. The molecule has 0 bridgehead atoms. The summed E-state index contributed by atoms with van der Waals surface area (Å²) in [5, 5.41) is 4.85. The van der Waals surface area contributed by atoms with Gasteiger partial charge in [-0.25, -0.2) is 11.6 Å². The molecule has 6 nitrogen and oxygen atoms in total. The maximum Gasteiger partial charge on any atom is 0.371 e. The van der Waals surface area contributed by atoms with Crippen LogP contribution >= 0.6 is 0 Å². The van der Waals surface area contributed by atoms with Crippen molar-refractivity contribution in [3.63, 3.8) is 0 Å². The van der Waals surface area contributed by atoms with Crippen LogP contribution in [0.2, 0.25) is 0 Å². The summed E-state index contributed by atoms with van der Waals surface area (Å²) in [5.41, 5.74) is 8.09. The minimum Gasteiger partial charge on any atom is -0.356 e. The predicted molar refractivity (Wildman–Crippen MR) is 188 cm³/mol. The number of amidine groups is 1. The standard InChI is InChI=1S/C39H30N6/c1-5-44-34-13-9-7-11-30(34)32-23-26(17-21-36(32)44)15-19-28-25-29(43-39(41-4)38(40-3)42-28)20-16-27-18-22-37-33(24-27)31-12-8-10-14-35(31)45(37)6-2/h7-25,38H,5-6H2,1-2H3. The molecule has 0 spiro atoms. The first-order valence-corrected chi connectivity index (χ1v) is 15.1. The molecule has 2 aromatic heterocycles. The van der Waals surface area contributed by atoms with Gasteiger partial charge in [0.25, 0.3) is 0 Å². The van der Waals surface area contributed by atoms with Crippen LogP contribution in [0.15, 0.2) is 119 Å². The maximum atomic E-state index is 7.69. The van der Waals surface area contributed by atoms with Crippen molar-refractivity contribution in [1.29, 1.82) is 0 Å². The minimum atomic E-state index is -0.981. The average Bonchev–Trinajstić information content (AvgIpc) is 3.50. The second-order valence-electron chi connectivity index (χ2n) is 11.0. The van der Waals surface area contributed by atoms with Gasteiger partial charge in [0, 0.05) is 62.8 Å². The smallest absolute Gasteiger partial charge is 0.356 e. The molecule has 4 aromatic carbocycles. The van der Waals surface area contributed by atoms with E-state index < -0.39 is 6.17 Å². The fourth-order valence-corrected chi connectivity index (χ4v) is 6.35. The highest BCUT2D eigenvalue weighted by atomic mass is 15.1. The molecule has 1 unspecified atom stereocenters. The Morgan fingerprint density at radius 2 is 1.20 bits per heavy atom. The summed E-state index contributed by atoms with van der Waals surface area (Å²) >= 11 is 0. The molecule has 7 rings (SSSR count). The molecule has 0 amide bonds. The van der Waals surface area contributed by atoms with Gasteiger partial charge in [0.1, 0.15) is 0 Å². The van der Waals surface area contributed by atoms with Crippen LogP contribution in [0.25, 0.3) is 65.5 Å². The summed E-state index contributed by atoms with van der Waals surface area (Å²) in [6.45, 7) is 21.5. The molecular formula is C39H30N6. The monoisotopic (exact) mass is 582 g/mol. The highest BCUT2D eigenvalue weighted by Crippen LogP contribution is 2.31. The summed E-state index contributed by atoms with van der Waals surface area (Å²) in [5.74, 6) is 0.0690. The number of allylic oxidation sites excluding steroid dienone is 3. The number of rotatable bonds is 6. The van der Waals surface area contributed by atoms with Crippen molar-refractivity contribution in [1.82, 2.24) is 9.13 Å². The summed E-state index contributed by atoms with van der Waals surface area (Å²) in [7, 11) is 0. The summed E-state index contributed by atoms with van der Waals surface area (Å²) < 4.78 is 4.66. The Kier molecular flexibility index (Phi) is 7.17. The van der Waals surface area contributed by atoms with Crippen molar-refractivity contribution in [2.24, 2.45) is 9.98 Å². The second kappa shape index (κ2) is 11.6. The van der Waals surface area contributed by atoms with Crippen molar-refractivity contribution < 1.29 is 0 Å². The lowest BCUT2D eigenvalue weighted by Crippen LogP contribution is -2.11. The zero-order valence-electron chi connectivity index (χ0n) is 25.1. The number of fused-ring (bicyclic) bond motifs is 6. The van der Waals surface area contributed by atoms with Gasteiger partial charge in [0.2, 0.25) is 0 Å². The van der Waals surface area contributed by atoms with Crippen LogP contribution in [0.4, 0.5) is 0 Å². The Bertz CT molecular complexity index is 2380. The van der Waals surface area contributed by atoms with Crippen LogP contribution in [0.5, 0.6) is 0 Å². The normalized spacial score (nSPS) is 15.5. The molecule has 0 fully saturated rings. The Labute approximate surface area is 261 Å². The third-order valence-corrected chi connectivity index (χ3v) is 8.40. The SMILES string of the molecule is [C-]#[N+]C1=NC(C=Cc2ccc3c(c2)c2ccccc2n3CC)=CC(C=Cc2ccc3c(c2)c2ccccc2n3CC)=NC1[N+]#[C-]. The Morgan fingerprint density at radius 3 is 1.73 bits per heavy atom. The minimum absolute atomic E-state index is 0.0690. The van der Waals surface area contributed by atoms with Gasteiger partial charge in [-0.15, -0.1) is 4.99 Å². The Morgan fingerprint density at radius 1 is 0.667 bits per heavy atom. The van der Waals surface area contributed by atoms with Crippen molar-refractivity contribution in [3.05, 3.63) is 143 Å². The van der Waals surface area contributed by atoms with Gasteiger partial charge in [-0.05, 0) is 73.5 Å². The van der Waals surface area contributed by atoms with E-state index in [0.29, 0.717) is 11.4 Å². The third-order valence-electron chi connectivity index (χ3n) is 8.40. The molecule has 6 heteroatoms. The Balaban J connectivity index is 1.24. The van der Waals surface area contributed by atoms with Gasteiger partial charge in [0.15, 0.2) is 5.70 Å². The van der Waals surface area contributed by atoms with Gasteiger partial charge in [0.05, 0.1) is 5.71 Å². The second-order valence-corrected chi connectivity index (χ2v) is 11.0. The lowest BCUT2D eigenvalue weighted by Gasteiger charge is -2.03. The number of benzene rings is 4. The molecule has 1 atom stereocenters. The lowest BCUT2D eigenvalue weighted by molar-refractivity contribution is 0.827. The molecule has 6 aromatic rings.